The molecule has 1 unspecified atom stereocenters. The molecule has 1 atom stereocenters. The molecule has 0 aromatic carbocycles. The van der Waals surface area contributed by atoms with E-state index in [2.05, 4.69) is 20.3 Å². The van der Waals surface area contributed by atoms with Crippen molar-refractivity contribution in [2.24, 2.45) is 5.92 Å². The zero-order chi connectivity index (χ0) is 14.7. The Hall–Kier alpha value is -1.96. The minimum absolute atomic E-state index is 0.105. The number of likely N-dealkylation sites (tertiary alicyclic amines) is 1. The summed E-state index contributed by atoms with van der Waals surface area (Å²) in [5.74, 6) is 0.368. The van der Waals surface area contributed by atoms with E-state index in [-0.39, 0.29) is 11.9 Å². The third kappa shape index (κ3) is 3.38. The molecule has 0 radical (unpaired) electrons. The fraction of sp³-hybridized carbons (Fsp3) is 0.692. The van der Waals surface area contributed by atoms with Gasteiger partial charge in [-0.25, -0.2) is 9.78 Å². The lowest BCUT2D eigenvalue weighted by molar-refractivity contribution is -0.129. The number of nitrogens with zero attached hydrogens (tertiary/aromatic N) is 5. The van der Waals surface area contributed by atoms with Crippen LogP contribution in [0.1, 0.15) is 12.8 Å². The molecule has 0 aliphatic carbocycles. The van der Waals surface area contributed by atoms with Gasteiger partial charge in [-0.2, -0.15) is 5.10 Å². The van der Waals surface area contributed by atoms with Crippen LogP contribution in [-0.2, 0) is 11.3 Å². The highest BCUT2D eigenvalue weighted by molar-refractivity contribution is 5.96. The molecule has 3 rings (SSSR count). The molecule has 8 heteroatoms. The number of nitrogens with one attached hydrogen (secondary N) is 1. The number of carbonyl (C=O) groups is 2. The molecule has 2 saturated heterocycles. The number of aromatic nitrogens is 3. The van der Waals surface area contributed by atoms with Gasteiger partial charge in [-0.3, -0.25) is 19.3 Å². The van der Waals surface area contributed by atoms with Gasteiger partial charge in [0.15, 0.2) is 0 Å². The van der Waals surface area contributed by atoms with Crippen molar-refractivity contribution in [2.45, 2.75) is 19.4 Å². The molecule has 8 nitrogen and oxygen atoms in total. The summed E-state index contributed by atoms with van der Waals surface area (Å²) in [5, 5.41) is 6.78. The van der Waals surface area contributed by atoms with Crippen molar-refractivity contribution in [3.63, 3.8) is 0 Å². The molecule has 21 heavy (non-hydrogen) atoms. The summed E-state index contributed by atoms with van der Waals surface area (Å²) in [6.07, 6.45) is 5.46. The highest BCUT2D eigenvalue weighted by Crippen LogP contribution is 2.18. The van der Waals surface area contributed by atoms with E-state index in [1.54, 1.807) is 6.33 Å². The van der Waals surface area contributed by atoms with Gasteiger partial charge < -0.3 is 5.32 Å². The number of imide groups is 1. The summed E-state index contributed by atoms with van der Waals surface area (Å²) in [4.78, 5) is 31.0. The van der Waals surface area contributed by atoms with Gasteiger partial charge in [0.2, 0.25) is 5.91 Å². The molecule has 1 N–H and O–H groups in total. The highest BCUT2D eigenvalue weighted by Gasteiger charge is 2.29. The van der Waals surface area contributed by atoms with Crippen molar-refractivity contribution in [1.82, 2.24) is 29.9 Å². The fourth-order valence-corrected chi connectivity index (χ4v) is 3.02. The van der Waals surface area contributed by atoms with Gasteiger partial charge in [-0.1, -0.05) is 0 Å². The van der Waals surface area contributed by atoms with E-state index in [0.717, 1.165) is 32.5 Å². The van der Waals surface area contributed by atoms with Crippen molar-refractivity contribution in [3.05, 3.63) is 12.7 Å². The van der Waals surface area contributed by atoms with Gasteiger partial charge in [0.25, 0.3) is 0 Å². The summed E-state index contributed by atoms with van der Waals surface area (Å²) in [6, 6.07) is -0.267. The normalized spacial score (nSPS) is 23.3. The average molecular weight is 292 g/mol. The lowest BCUT2D eigenvalue weighted by Gasteiger charge is -2.32. The lowest BCUT2D eigenvalue weighted by atomic mass is 9.98. The molecule has 3 heterocycles. The number of carbonyl (C=O) groups excluding carboxylic acids is 2. The quantitative estimate of drug-likeness (QED) is 0.812. The monoisotopic (exact) mass is 292 g/mol. The topological polar surface area (TPSA) is 83.4 Å². The maximum Gasteiger partial charge on any atom is 0.324 e. The van der Waals surface area contributed by atoms with Crippen LogP contribution in [0.15, 0.2) is 12.7 Å². The Morgan fingerprint density at radius 1 is 1.43 bits per heavy atom. The van der Waals surface area contributed by atoms with Gasteiger partial charge in [-0.05, 0) is 25.3 Å². The Balaban J connectivity index is 1.51. The SMILES string of the molecule is O=C(CN1CCCC(Cn2cncn2)C1)N1CCNC1=O. The van der Waals surface area contributed by atoms with E-state index in [1.807, 2.05) is 4.68 Å². The van der Waals surface area contributed by atoms with Gasteiger partial charge in [0.05, 0.1) is 6.54 Å². The smallest absolute Gasteiger partial charge is 0.324 e. The predicted octanol–water partition coefficient (Wildman–Crippen LogP) is -0.458. The van der Waals surface area contributed by atoms with E-state index >= 15 is 0 Å². The molecule has 3 amide bonds. The minimum Gasteiger partial charge on any atom is -0.336 e. The zero-order valence-corrected chi connectivity index (χ0v) is 11.9. The molecule has 2 aliphatic rings. The Morgan fingerprint density at radius 3 is 3.05 bits per heavy atom. The first kappa shape index (κ1) is 14.0. The minimum atomic E-state index is -0.267. The molecule has 114 valence electrons. The molecule has 2 aliphatic heterocycles. The Bertz CT molecular complexity index is 503. The van der Waals surface area contributed by atoms with Crippen LogP contribution in [-0.4, -0.2) is 69.2 Å². The lowest BCUT2D eigenvalue weighted by Crippen LogP contribution is -2.45. The Labute approximate surface area is 123 Å². The third-order valence-corrected chi connectivity index (χ3v) is 4.03. The van der Waals surface area contributed by atoms with E-state index in [0.29, 0.717) is 25.6 Å². The second-order valence-corrected chi connectivity index (χ2v) is 5.64. The third-order valence-electron chi connectivity index (χ3n) is 4.03. The van der Waals surface area contributed by atoms with Gasteiger partial charge >= 0.3 is 6.03 Å². The van der Waals surface area contributed by atoms with Crippen LogP contribution >= 0.6 is 0 Å². The van der Waals surface area contributed by atoms with Crippen LogP contribution < -0.4 is 5.32 Å². The second-order valence-electron chi connectivity index (χ2n) is 5.64. The first-order valence-corrected chi connectivity index (χ1v) is 7.35. The molecule has 0 spiro atoms. The zero-order valence-electron chi connectivity index (χ0n) is 11.9. The second kappa shape index (κ2) is 6.21. The van der Waals surface area contributed by atoms with Crippen LogP contribution in [0.4, 0.5) is 4.79 Å². The number of urea groups is 1. The first-order chi connectivity index (χ1) is 10.2. The van der Waals surface area contributed by atoms with E-state index in [4.69, 9.17) is 0 Å². The maximum absolute atomic E-state index is 12.1. The van der Waals surface area contributed by atoms with Crippen molar-refractivity contribution >= 4 is 11.9 Å². The van der Waals surface area contributed by atoms with Crippen LogP contribution in [0, 0.1) is 5.92 Å². The summed E-state index contributed by atoms with van der Waals surface area (Å²) in [6.45, 7) is 3.96. The van der Waals surface area contributed by atoms with Gasteiger partial charge in [-0.15, -0.1) is 0 Å². The van der Waals surface area contributed by atoms with Crippen LogP contribution in [0.25, 0.3) is 0 Å². The van der Waals surface area contributed by atoms with Gasteiger partial charge in [0.1, 0.15) is 12.7 Å². The molecule has 1 aromatic rings. The van der Waals surface area contributed by atoms with E-state index in [9.17, 15) is 9.59 Å². The number of piperidine rings is 1. The molecular weight excluding hydrogens is 272 g/mol. The van der Waals surface area contributed by atoms with Crippen molar-refractivity contribution < 1.29 is 9.59 Å². The number of rotatable bonds is 4. The van der Waals surface area contributed by atoms with E-state index < -0.39 is 0 Å². The molecule has 0 saturated carbocycles. The van der Waals surface area contributed by atoms with Crippen molar-refractivity contribution in [1.29, 1.82) is 0 Å². The van der Waals surface area contributed by atoms with Crippen molar-refractivity contribution in [2.75, 3.05) is 32.7 Å². The van der Waals surface area contributed by atoms with Gasteiger partial charge in [0, 0.05) is 26.2 Å². The molecule has 0 bridgehead atoms. The van der Waals surface area contributed by atoms with Crippen LogP contribution in [0.5, 0.6) is 0 Å². The number of amides is 3. The molecular formula is C13H20N6O2. The van der Waals surface area contributed by atoms with E-state index in [1.165, 1.54) is 11.2 Å². The Kier molecular flexibility index (Phi) is 4.14. The largest absolute Gasteiger partial charge is 0.336 e. The summed E-state index contributed by atoms with van der Waals surface area (Å²) >= 11 is 0. The summed E-state index contributed by atoms with van der Waals surface area (Å²) < 4.78 is 1.84. The fourth-order valence-electron chi connectivity index (χ4n) is 3.02. The number of hydrogen-bond donors (Lipinski definition) is 1. The standard InChI is InChI=1S/C13H20N6O2/c20-12(19-5-3-15-13(19)21)8-17-4-1-2-11(6-17)7-18-10-14-9-16-18/h9-11H,1-8H2,(H,15,21). The Morgan fingerprint density at radius 2 is 2.33 bits per heavy atom. The van der Waals surface area contributed by atoms with Crippen LogP contribution in [0.3, 0.4) is 0 Å². The summed E-state index contributed by atoms with van der Waals surface area (Å²) in [7, 11) is 0. The molecule has 1 aromatic heterocycles. The predicted molar refractivity (Wildman–Crippen MR) is 74.3 cm³/mol. The highest BCUT2D eigenvalue weighted by atomic mass is 16.2. The first-order valence-electron chi connectivity index (χ1n) is 7.35. The van der Waals surface area contributed by atoms with Crippen LogP contribution in [0.2, 0.25) is 0 Å². The summed E-state index contributed by atoms with van der Waals surface area (Å²) in [5.41, 5.74) is 0. The molecule has 2 fully saturated rings. The maximum atomic E-state index is 12.1. The van der Waals surface area contributed by atoms with Crippen molar-refractivity contribution in [3.8, 4) is 0 Å². The average Bonchev–Trinajstić information content (AvgIpc) is 3.10. The number of hydrogen-bond acceptors (Lipinski definition) is 5.